The third kappa shape index (κ3) is 5.32. The quantitative estimate of drug-likeness (QED) is 0.460. The van der Waals surface area contributed by atoms with Crippen LogP contribution in [-0.2, 0) is 15.9 Å². The van der Waals surface area contributed by atoms with Crippen LogP contribution in [0.5, 0.6) is 0 Å². The zero-order valence-electron chi connectivity index (χ0n) is 9.94. The molecule has 0 aromatic carbocycles. The van der Waals surface area contributed by atoms with E-state index >= 15 is 0 Å². The van der Waals surface area contributed by atoms with E-state index in [-0.39, 0.29) is 5.56 Å². The van der Waals surface area contributed by atoms with Crippen molar-refractivity contribution in [3.63, 3.8) is 0 Å². The number of hydrogen-bond donors (Lipinski definition) is 2. The molecule has 0 saturated heterocycles. The van der Waals surface area contributed by atoms with Crippen LogP contribution in [0, 0.1) is 4.91 Å². The molecule has 1 aromatic heterocycles. The third-order valence-electron chi connectivity index (χ3n) is 2.01. The molecule has 0 aliphatic rings. The number of hydrogen-bond acceptors (Lipinski definition) is 6. The van der Waals surface area contributed by atoms with Crippen molar-refractivity contribution >= 4 is 5.97 Å². The van der Waals surface area contributed by atoms with E-state index in [1.165, 1.54) is 25.6 Å². The molecule has 0 amide bonds. The third-order valence-corrected chi connectivity index (χ3v) is 2.01. The Morgan fingerprint density at radius 2 is 2.06 bits per heavy atom. The maximum absolute atomic E-state index is 10.9. The molecule has 0 unspecified atom stereocenters. The summed E-state index contributed by atoms with van der Waals surface area (Å²) >= 11 is 0. The highest BCUT2D eigenvalue weighted by atomic mass is 16.7. The zero-order valence-corrected chi connectivity index (χ0v) is 9.94. The molecule has 8 nitrogen and oxygen atoms in total. The molecule has 1 aromatic rings. The maximum Gasteiger partial charge on any atom is 0.337 e. The molecular formula is C10H14N2O6. The average Bonchev–Trinajstić information content (AvgIpc) is 2.37. The number of carbonyl (C=O) groups is 1. The van der Waals surface area contributed by atoms with Crippen molar-refractivity contribution in [1.29, 1.82) is 0 Å². The van der Waals surface area contributed by atoms with E-state index in [0.29, 0.717) is 12.1 Å². The van der Waals surface area contributed by atoms with Crippen molar-refractivity contribution in [3.05, 3.63) is 34.5 Å². The lowest BCUT2D eigenvalue weighted by molar-refractivity contribution is -0.101. The van der Waals surface area contributed by atoms with Crippen molar-refractivity contribution < 1.29 is 24.6 Å². The summed E-state index contributed by atoms with van der Waals surface area (Å²) < 4.78 is 9.97. The van der Waals surface area contributed by atoms with Crippen molar-refractivity contribution in [1.82, 2.24) is 4.98 Å². The minimum atomic E-state index is -0.996. The van der Waals surface area contributed by atoms with Gasteiger partial charge in [0.1, 0.15) is 0 Å². The van der Waals surface area contributed by atoms with Crippen LogP contribution in [0.3, 0.4) is 0 Å². The summed E-state index contributed by atoms with van der Waals surface area (Å²) in [5.41, 5.74) is 0.635. The van der Waals surface area contributed by atoms with Gasteiger partial charge in [0.25, 0.3) is 0 Å². The summed E-state index contributed by atoms with van der Waals surface area (Å²) in [6, 6.07) is 3.09. The van der Waals surface area contributed by atoms with E-state index in [1.807, 2.05) is 0 Å². The van der Waals surface area contributed by atoms with Crippen LogP contribution in [0.2, 0.25) is 0 Å². The molecule has 0 fully saturated rings. The molecule has 18 heavy (non-hydrogen) atoms. The van der Waals surface area contributed by atoms with Gasteiger partial charge in [-0.3, -0.25) is 4.98 Å². The molecular weight excluding hydrogens is 244 g/mol. The Kier molecular flexibility index (Phi) is 7.99. The lowest BCUT2D eigenvalue weighted by Gasteiger charge is -2.13. The van der Waals surface area contributed by atoms with E-state index in [9.17, 15) is 4.79 Å². The topological polar surface area (TPSA) is 118 Å². The van der Waals surface area contributed by atoms with Crippen LogP contribution < -0.4 is 0 Å². The highest BCUT2D eigenvalue weighted by Gasteiger charge is 2.15. The largest absolute Gasteiger partial charge is 0.478 e. The molecule has 0 aliphatic carbocycles. The van der Waals surface area contributed by atoms with Crippen LogP contribution in [0.25, 0.3) is 0 Å². The van der Waals surface area contributed by atoms with Crippen LogP contribution >= 0.6 is 0 Å². The number of ether oxygens (including phenoxy) is 2. The Labute approximate surface area is 103 Å². The minimum Gasteiger partial charge on any atom is -0.478 e. The number of nitrogens with zero attached hydrogens (tertiary/aromatic N) is 2. The summed E-state index contributed by atoms with van der Waals surface area (Å²) in [5.74, 6) is -0.996. The van der Waals surface area contributed by atoms with Gasteiger partial charge in [-0.05, 0) is 12.1 Å². The summed E-state index contributed by atoms with van der Waals surface area (Å²) in [4.78, 5) is 23.0. The number of pyridine rings is 1. The van der Waals surface area contributed by atoms with Crippen molar-refractivity contribution in [3.8, 4) is 0 Å². The summed E-state index contributed by atoms with van der Waals surface area (Å²) in [7, 11) is 3.00. The lowest BCUT2D eigenvalue weighted by atomic mass is 10.1. The van der Waals surface area contributed by atoms with Crippen LogP contribution in [0.1, 0.15) is 16.1 Å². The van der Waals surface area contributed by atoms with Gasteiger partial charge in [0.2, 0.25) is 0 Å². The fourth-order valence-corrected chi connectivity index (χ4v) is 1.22. The molecule has 1 heterocycles. The average molecular weight is 258 g/mol. The number of aromatic carboxylic acids is 1. The number of aromatic nitrogens is 1. The van der Waals surface area contributed by atoms with Crippen molar-refractivity contribution in [2.75, 3.05) is 14.2 Å². The Balaban J connectivity index is 0.000000873. The molecule has 0 saturated carbocycles. The first-order chi connectivity index (χ1) is 8.60. The molecule has 0 bridgehead atoms. The minimum absolute atomic E-state index is 0.177. The number of rotatable bonds is 5. The summed E-state index contributed by atoms with van der Waals surface area (Å²) in [6.07, 6.45) is 1.39. The van der Waals surface area contributed by atoms with Gasteiger partial charge in [-0.1, -0.05) is 0 Å². The van der Waals surface area contributed by atoms with E-state index in [4.69, 9.17) is 24.7 Å². The lowest BCUT2D eigenvalue weighted by Crippen LogP contribution is -2.19. The van der Waals surface area contributed by atoms with Gasteiger partial charge in [0, 0.05) is 26.8 Å². The molecule has 0 spiro atoms. The van der Waals surface area contributed by atoms with Gasteiger partial charge in [0.05, 0.1) is 11.3 Å². The second-order valence-corrected chi connectivity index (χ2v) is 2.99. The van der Waals surface area contributed by atoms with E-state index in [2.05, 4.69) is 4.98 Å². The van der Waals surface area contributed by atoms with E-state index in [0.717, 1.165) is 0 Å². The van der Waals surface area contributed by atoms with Gasteiger partial charge in [-0.2, -0.15) is 0 Å². The van der Waals surface area contributed by atoms with Gasteiger partial charge in [0.15, 0.2) is 11.6 Å². The molecule has 1 rings (SSSR count). The Morgan fingerprint density at radius 1 is 1.50 bits per heavy atom. The Bertz CT molecular complexity index is 380. The fourth-order valence-electron chi connectivity index (χ4n) is 1.22. The predicted octanol–water partition coefficient (Wildman–Crippen LogP) is 1.08. The number of carboxylic acids is 1. The predicted molar refractivity (Wildman–Crippen MR) is 60.3 cm³/mol. The van der Waals surface area contributed by atoms with Gasteiger partial charge >= 0.3 is 5.97 Å². The summed E-state index contributed by atoms with van der Waals surface area (Å²) in [6.45, 7) is 0. The fraction of sp³-hybridized carbons (Fsp3) is 0.400. The van der Waals surface area contributed by atoms with E-state index in [1.54, 1.807) is 12.3 Å². The zero-order chi connectivity index (χ0) is 14.0. The molecule has 0 aliphatic heterocycles. The molecule has 8 heteroatoms. The second kappa shape index (κ2) is 9.02. The van der Waals surface area contributed by atoms with Gasteiger partial charge in [-0.25, -0.2) is 4.79 Å². The van der Waals surface area contributed by atoms with Crippen LogP contribution in [0.4, 0.5) is 0 Å². The molecule has 100 valence electrons. The first-order valence-electron chi connectivity index (χ1n) is 4.80. The number of carboxylic acid groups (broad SMARTS) is 1. The molecule has 2 N–H and O–H groups in total. The first kappa shape index (κ1) is 15.9. The van der Waals surface area contributed by atoms with Crippen molar-refractivity contribution in [2.45, 2.75) is 12.7 Å². The monoisotopic (exact) mass is 258 g/mol. The highest BCUT2D eigenvalue weighted by molar-refractivity contribution is 5.88. The Hall–Kier alpha value is -2.06. The molecule has 0 atom stereocenters. The van der Waals surface area contributed by atoms with E-state index < -0.39 is 12.3 Å². The standard InChI is InChI=1S/C10H13NO4.HNO2/c1-14-9(15-2)6-8-7(10(12)13)4-3-5-11-8;2-1-3/h3-5,9H,6H2,1-2H3,(H,12,13);(H,2,3). The highest BCUT2D eigenvalue weighted by Crippen LogP contribution is 2.09. The maximum atomic E-state index is 10.9. The smallest absolute Gasteiger partial charge is 0.337 e. The first-order valence-corrected chi connectivity index (χ1v) is 4.80. The Morgan fingerprint density at radius 3 is 2.50 bits per heavy atom. The van der Waals surface area contributed by atoms with Gasteiger partial charge in [-0.15, -0.1) is 4.91 Å². The normalized spacial score (nSPS) is 9.50. The molecule has 0 radical (unpaired) electrons. The van der Waals surface area contributed by atoms with Crippen LogP contribution in [0.15, 0.2) is 23.7 Å². The van der Waals surface area contributed by atoms with Gasteiger partial charge < -0.3 is 19.8 Å². The number of methoxy groups -OCH3 is 2. The van der Waals surface area contributed by atoms with Crippen LogP contribution in [-0.4, -0.2) is 41.8 Å². The van der Waals surface area contributed by atoms with Crippen molar-refractivity contribution in [2.24, 2.45) is 5.34 Å². The second-order valence-electron chi connectivity index (χ2n) is 2.99. The SMILES string of the molecule is COC(Cc1ncccc1C(=O)O)OC.O=NO. The summed E-state index contributed by atoms with van der Waals surface area (Å²) in [5, 5.41) is 16.8.